The number of ether oxygens (including phenoxy) is 1. The number of hydrogen-bond acceptors (Lipinski definition) is 4. The third kappa shape index (κ3) is 1.50. The van der Waals surface area contributed by atoms with E-state index < -0.39 is 5.97 Å². The van der Waals surface area contributed by atoms with Crippen molar-refractivity contribution in [1.82, 2.24) is 14.6 Å². The van der Waals surface area contributed by atoms with Gasteiger partial charge in [0.25, 0.3) is 0 Å². The summed E-state index contributed by atoms with van der Waals surface area (Å²) in [5.41, 5.74) is 1.78. The predicted octanol–water partition coefficient (Wildman–Crippen LogP) is 1.59. The third-order valence-electron chi connectivity index (χ3n) is 2.07. The molecule has 2 rings (SSSR count). The first-order valence-electron chi connectivity index (χ1n) is 4.22. The van der Waals surface area contributed by atoms with E-state index in [0.717, 1.165) is 10.0 Å². The monoisotopic (exact) mass is 269 g/mol. The van der Waals surface area contributed by atoms with Crippen LogP contribution in [0.4, 0.5) is 0 Å². The number of esters is 1. The molecule has 78 valence electrons. The van der Waals surface area contributed by atoms with Crippen molar-refractivity contribution in [2.45, 2.75) is 6.92 Å². The number of carbonyl (C=O) groups excluding carboxylic acids is 1. The van der Waals surface area contributed by atoms with E-state index in [0.29, 0.717) is 11.3 Å². The van der Waals surface area contributed by atoms with Gasteiger partial charge in [0, 0.05) is 0 Å². The number of methoxy groups -OCH3 is 1. The van der Waals surface area contributed by atoms with E-state index in [1.165, 1.54) is 18.0 Å². The lowest BCUT2D eigenvalue weighted by Gasteiger charge is -2.06. The van der Waals surface area contributed by atoms with Crippen molar-refractivity contribution in [1.29, 1.82) is 0 Å². The van der Waals surface area contributed by atoms with Crippen LogP contribution in [0.3, 0.4) is 0 Å². The van der Waals surface area contributed by atoms with Gasteiger partial charge in [-0.05, 0) is 34.5 Å². The van der Waals surface area contributed by atoms with E-state index in [9.17, 15) is 4.79 Å². The number of halogens is 1. The minimum atomic E-state index is -0.421. The summed E-state index contributed by atoms with van der Waals surface area (Å²) in [6.07, 6.45) is 1.39. The third-order valence-corrected chi connectivity index (χ3v) is 2.65. The quantitative estimate of drug-likeness (QED) is 0.738. The number of fused-ring (bicyclic) bond motifs is 1. The molecule has 6 heteroatoms. The summed E-state index contributed by atoms with van der Waals surface area (Å²) in [4.78, 5) is 15.6. The Morgan fingerprint density at radius 1 is 1.60 bits per heavy atom. The molecule has 2 heterocycles. The fourth-order valence-electron chi connectivity index (χ4n) is 1.40. The fourth-order valence-corrected chi connectivity index (χ4v) is 2.02. The second-order valence-corrected chi connectivity index (χ2v) is 3.87. The average Bonchev–Trinajstić information content (AvgIpc) is 2.66. The molecule has 0 amide bonds. The Bertz CT molecular complexity index is 535. The molecule has 0 saturated carbocycles. The Balaban J connectivity index is 2.82. The van der Waals surface area contributed by atoms with Gasteiger partial charge in [0.2, 0.25) is 0 Å². The second-order valence-electron chi connectivity index (χ2n) is 3.01. The van der Waals surface area contributed by atoms with Gasteiger partial charge < -0.3 is 4.74 Å². The maximum atomic E-state index is 11.5. The average molecular weight is 270 g/mol. The molecule has 15 heavy (non-hydrogen) atoms. The molecule has 5 nitrogen and oxygen atoms in total. The highest BCUT2D eigenvalue weighted by atomic mass is 79.9. The van der Waals surface area contributed by atoms with Gasteiger partial charge in [-0.15, -0.1) is 0 Å². The van der Waals surface area contributed by atoms with Crippen LogP contribution < -0.4 is 0 Å². The number of aromatic nitrogens is 3. The van der Waals surface area contributed by atoms with E-state index in [1.807, 2.05) is 13.0 Å². The zero-order chi connectivity index (χ0) is 11.0. The van der Waals surface area contributed by atoms with Gasteiger partial charge in [-0.25, -0.2) is 14.3 Å². The molecule has 0 aliphatic carbocycles. The maximum Gasteiger partial charge on any atom is 0.357 e. The zero-order valence-electron chi connectivity index (χ0n) is 8.19. The van der Waals surface area contributed by atoms with Crippen LogP contribution in [0.5, 0.6) is 0 Å². The highest BCUT2D eigenvalue weighted by molar-refractivity contribution is 9.10. The molecule has 0 N–H and O–H groups in total. The summed E-state index contributed by atoms with van der Waals surface area (Å²) < 4.78 is 6.95. The molecule has 0 radical (unpaired) electrons. The Morgan fingerprint density at radius 3 is 3.00 bits per heavy atom. The molecular weight excluding hydrogens is 262 g/mol. The van der Waals surface area contributed by atoms with Gasteiger partial charge in [0.15, 0.2) is 11.3 Å². The summed E-state index contributed by atoms with van der Waals surface area (Å²) in [6, 6.07) is 1.82. The first kappa shape index (κ1) is 10.1. The number of rotatable bonds is 1. The number of hydrogen-bond donors (Lipinski definition) is 0. The molecule has 0 fully saturated rings. The van der Waals surface area contributed by atoms with Gasteiger partial charge in [0.1, 0.15) is 6.33 Å². The molecule has 0 aliphatic rings. The van der Waals surface area contributed by atoms with Crippen LogP contribution in [-0.2, 0) is 4.74 Å². The number of aryl methyl sites for hydroxylation is 1. The topological polar surface area (TPSA) is 56.5 Å². The van der Waals surface area contributed by atoms with E-state index >= 15 is 0 Å². The Kier molecular flexibility index (Phi) is 2.44. The maximum absolute atomic E-state index is 11.5. The van der Waals surface area contributed by atoms with E-state index in [1.54, 1.807) is 0 Å². The lowest BCUT2D eigenvalue weighted by molar-refractivity contribution is 0.0590. The van der Waals surface area contributed by atoms with E-state index in [2.05, 4.69) is 26.0 Å². The molecule has 0 bridgehead atoms. The van der Waals surface area contributed by atoms with Crippen molar-refractivity contribution in [3.8, 4) is 0 Å². The van der Waals surface area contributed by atoms with Crippen LogP contribution in [0.25, 0.3) is 5.65 Å². The molecular formula is C9H8BrN3O2. The molecule has 0 aliphatic heterocycles. The molecule has 0 aromatic carbocycles. The number of carbonyl (C=O) groups is 1. The SMILES string of the molecule is COC(=O)c1c(C)cc(Br)c2ncnn12. The van der Waals surface area contributed by atoms with Gasteiger partial charge in [-0.3, -0.25) is 0 Å². The van der Waals surface area contributed by atoms with Crippen LogP contribution in [0.1, 0.15) is 16.1 Å². The van der Waals surface area contributed by atoms with Crippen LogP contribution in [-0.4, -0.2) is 27.7 Å². The van der Waals surface area contributed by atoms with Crippen molar-refractivity contribution in [3.05, 3.63) is 28.1 Å². The van der Waals surface area contributed by atoms with Gasteiger partial charge in [0.05, 0.1) is 11.6 Å². The molecule has 2 aromatic heterocycles. The summed E-state index contributed by atoms with van der Waals surface area (Å²) in [7, 11) is 1.34. The largest absolute Gasteiger partial charge is 0.464 e. The highest BCUT2D eigenvalue weighted by Crippen LogP contribution is 2.21. The summed E-state index contributed by atoms with van der Waals surface area (Å²) in [5.74, 6) is -0.421. The van der Waals surface area contributed by atoms with Crippen molar-refractivity contribution in [3.63, 3.8) is 0 Å². The molecule has 0 unspecified atom stereocenters. The fraction of sp³-hybridized carbons (Fsp3) is 0.222. The minimum absolute atomic E-state index is 0.396. The number of nitrogens with zero attached hydrogens (tertiary/aromatic N) is 3. The van der Waals surface area contributed by atoms with Gasteiger partial charge in [-0.1, -0.05) is 0 Å². The van der Waals surface area contributed by atoms with Crippen molar-refractivity contribution < 1.29 is 9.53 Å². The smallest absolute Gasteiger partial charge is 0.357 e. The van der Waals surface area contributed by atoms with Crippen molar-refractivity contribution in [2.24, 2.45) is 0 Å². The van der Waals surface area contributed by atoms with Gasteiger partial charge in [-0.2, -0.15) is 5.10 Å². The van der Waals surface area contributed by atoms with Crippen LogP contribution in [0, 0.1) is 6.92 Å². The number of pyridine rings is 1. The molecule has 0 saturated heterocycles. The molecule has 0 spiro atoms. The van der Waals surface area contributed by atoms with Crippen molar-refractivity contribution >= 4 is 27.5 Å². The first-order valence-corrected chi connectivity index (χ1v) is 5.01. The Labute approximate surface area is 94.2 Å². The molecule has 0 atom stereocenters. The van der Waals surface area contributed by atoms with Crippen LogP contribution >= 0.6 is 15.9 Å². The van der Waals surface area contributed by atoms with Crippen molar-refractivity contribution in [2.75, 3.05) is 7.11 Å². The zero-order valence-corrected chi connectivity index (χ0v) is 9.78. The second kappa shape index (κ2) is 3.62. The lowest BCUT2D eigenvalue weighted by Crippen LogP contribution is -2.11. The lowest BCUT2D eigenvalue weighted by atomic mass is 10.2. The minimum Gasteiger partial charge on any atom is -0.464 e. The summed E-state index contributed by atoms with van der Waals surface area (Å²) >= 11 is 3.36. The predicted molar refractivity (Wildman–Crippen MR) is 56.8 cm³/mol. The van der Waals surface area contributed by atoms with Crippen LogP contribution in [0.2, 0.25) is 0 Å². The van der Waals surface area contributed by atoms with Gasteiger partial charge >= 0.3 is 5.97 Å². The Hall–Kier alpha value is -1.43. The van der Waals surface area contributed by atoms with E-state index in [4.69, 9.17) is 4.74 Å². The normalized spacial score (nSPS) is 10.6. The Morgan fingerprint density at radius 2 is 2.33 bits per heavy atom. The molecule has 2 aromatic rings. The van der Waals surface area contributed by atoms with Crippen LogP contribution in [0.15, 0.2) is 16.9 Å². The first-order chi connectivity index (χ1) is 7.15. The standard InChI is InChI=1S/C9H8BrN3O2/c1-5-3-6(10)8-11-4-12-13(8)7(5)9(14)15-2/h3-4H,1-2H3. The summed E-state index contributed by atoms with van der Waals surface area (Å²) in [5, 5.41) is 3.98. The summed E-state index contributed by atoms with van der Waals surface area (Å²) in [6.45, 7) is 1.82. The van der Waals surface area contributed by atoms with E-state index in [-0.39, 0.29) is 0 Å². The highest BCUT2D eigenvalue weighted by Gasteiger charge is 2.17.